The van der Waals surface area contributed by atoms with Gasteiger partial charge >= 0.3 is 6.18 Å². The van der Waals surface area contributed by atoms with Gasteiger partial charge < -0.3 is 5.32 Å². The van der Waals surface area contributed by atoms with E-state index in [1.54, 1.807) is 18.2 Å². The van der Waals surface area contributed by atoms with Gasteiger partial charge in [0, 0.05) is 11.6 Å². The molecule has 1 fully saturated rings. The number of alkyl halides is 3. The molecule has 0 saturated heterocycles. The Labute approximate surface area is 147 Å². The quantitative estimate of drug-likeness (QED) is 0.727. The summed E-state index contributed by atoms with van der Waals surface area (Å²) in [7, 11) is 0. The number of hydrazine groups is 1. The molecule has 0 unspecified atom stereocenters. The van der Waals surface area contributed by atoms with Gasteiger partial charge in [0.25, 0.3) is 5.91 Å². The van der Waals surface area contributed by atoms with Gasteiger partial charge in [0.05, 0.1) is 16.8 Å². The largest absolute Gasteiger partial charge is 0.416 e. The molecule has 2 aromatic rings. The topological polar surface area (TPSA) is 70.2 Å². The van der Waals surface area contributed by atoms with Crippen molar-refractivity contribution in [2.45, 2.75) is 19.0 Å². The molecule has 1 aliphatic rings. The Hall–Kier alpha value is -3.03. The maximum absolute atomic E-state index is 12.8. The summed E-state index contributed by atoms with van der Waals surface area (Å²) in [5.41, 5.74) is 4.60. The van der Waals surface area contributed by atoms with Crippen molar-refractivity contribution >= 4 is 23.2 Å². The Morgan fingerprint density at radius 1 is 0.962 bits per heavy atom. The molecule has 1 saturated carbocycles. The van der Waals surface area contributed by atoms with E-state index in [0.717, 1.165) is 25.0 Å². The monoisotopic (exact) mass is 363 g/mol. The van der Waals surface area contributed by atoms with E-state index in [1.807, 2.05) is 0 Å². The SMILES string of the molecule is O=C(NNC(=O)C1CC1)c1ccccc1Nc1cccc(C(F)(F)F)c1. The van der Waals surface area contributed by atoms with Crippen LogP contribution in [0.1, 0.15) is 28.8 Å². The van der Waals surface area contributed by atoms with Crippen molar-refractivity contribution in [3.05, 3.63) is 59.7 Å². The van der Waals surface area contributed by atoms with Gasteiger partial charge in [0.2, 0.25) is 5.91 Å². The van der Waals surface area contributed by atoms with Gasteiger partial charge in [-0.15, -0.1) is 0 Å². The zero-order chi connectivity index (χ0) is 18.7. The highest BCUT2D eigenvalue weighted by atomic mass is 19.4. The van der Waals surface area contributed by atoms with Crippen LogP contribution >= 0.6 is 0 Å². The third-order valence-corrected chi connectivity index (χ3v) is 3.89. The van der Waals surface area contributed by atoms with E-state index in [9.17, 15) is 22.8 Å². The van der Waals surface area contributed by atoms with Crippen LogP contribution in [0.4, 0.5) is 24.5 Å². The Morgan fingerprint density at radius 3 is 2.38 bits per heavy atom. The minimum Gasteiger partial charge on any atom is -0.355 e. The molecule has 1 aliphatic carbocycles. The molecule has 0 spiro atoms. The van der Waals surface area contributed by atoms with Gasteiger partial charge in [0.1, 0.15) is 0 Å². The zero-order valence-corrected chi connectivity index (χ0v) is 13.6. The molecule has 2 amide bonds. The fraction of sp³-hybridized carbons (Fsp3) is 0.222. The second-order valence-electron chi connectivity index (χ2n) is 5.97. The minimum atomic E-state index is -4.46. The maximum Gasteiger partial charge on any atom is 0.416 e. The zero-order valence-electron chi connectivity index (χ0n) is 13.6. The van der Waals surface area contributed by atoms with Crippen LogP contribution in [0.15, 0.2) is 48.5 Å². The fourth-order valence-electron chi connectivity index (χ4n) is 2.35. The second kappa shape index (κ2) is 7.07. The third kappa shape index (κ3) is 4.33. The first-order chi connectivity index (χ1) is 12.3. The predicted molar refractivity (Wildman–Crippen MR) is 89.5 cm³/mol. The van der Waals surface area contributed by atoms with Gasteiger partial charge in [-0.2, -0.15) is 13.2 Å². The van der Waals surface area contributed by atoms with Crippen LogP contribution < -0.4 is 16.2 Å². The highest BCUT2D eigenvalue weighted by molar-refractivity contribution is 6.01. The summed E-state index contributed by atoms with van der Waals surface area (Å²) in [6.45, 7) is 0. The van der Waals surface area contributed by atoms with E-state index in [0.29, 0.717) is 5.69 Å². The van der Waals surface area contributed by atoms with Crippen molar-refractivity contribution in [2.24, 2.45) is 5.92 Å². The van der Waals surface area contributed by atoms with Crippen LogP contribution in [0.3, 0.4) is 0 Å². The molecule has 3 rings (SSSR count). The number of benzene rings is 2. The average Bonchev–Trinajstić information content (AvgIpc) is 3.44. The Kier molecular flexibility index (Phi) is 4.83. The summed E-state index contributed by atoms with van der Waals surface area (Å²) < 4.78 is 38.5. The predicted octanol–water partition coefficient (Wildman–Crippen LogP) is 3.62. The Bertz CT molecular complexity index is 832. The van der Waals surface area contributed by atoms with E-state index >= 15 is 0 Å². The highest BCUT2D eigenvalue weighted by Crippen LogP contribution is 2.32. The normalized spacial score (nSPS) is 13.8. The number of anilines is 2. The number of amides is 2. The molecule has 0 aromatic heterocycles. The van der Waals surface area contributed by atoms with Crippen LogP contribution in [0.2, 0.25) is 0 Å². The molecule has 3 N–H and O–H groups in total. The van der Waals surface area contributed by atoms with Crippen molar-refractivity contribution in [1.82, 2.24) is 10.9 Å². The van der Waals surface area contributed by atoms with E-state index in [-0.39, 0.29) is 23.1 Å². The first-order valence-electron chi connectivity index (χ1n) is 7.98. The first-order valence-corrected chi connectivity index (χ1v) is 7.98. The number of hydrogen-bond acceptors (Lipinski definition) is 3. The summed E-state index contributed by atoms with van der Waals surface area (Å²) in [4.78, 5) is 23.9. The number of nitrogens with one attached hydrogen (secondary N) is 3. The molecule has 136 valence electrons. The number of halogens is 3. The summed E-state index contributed by atoms with van der Waals surface area (Å²) in [5.74, 6) is -0.871. The molecule has 26 heavy (non-hydrogen) atoms. The number of hydrogen-bond donors (Lipinski definition) is 3. The van der Waals surface area contributed by atoms with Crippen LogP contribution in [-0.4, -0.2) is 11.8 Å². The standard InChI is InChI=1S/C18H16F3N3O2/c19-18(20,21)12-4-3-5-13(10-12)22-15-7-2-1-6-14(15)17(26)24-23-16(25)11-8-9-11/h1-7,10-11,22H,8-9H2,(H,23,25)(H,24,26). The van der Waals surface area contributed by atoms with Crippen LogP contribution in [0.5, 0.6) is 0 Å². The van der Waals surface area contributed by atoms with Gasteiger partial charge in [0.15, 0.2) is 0 Å². The summed E-state index contributed by atoms with van der Waals surface area (Å²) in [5, 5.41) is 2.82. The number of carbonyl (C=O) groups excluding carboxylic acids is 2. The van der Waals surface area contributed by atoms with Crippen molar-refractivity contribution in [1.29, 1.82) is 0 Å². The maximum atomic E-state index is 12.8. The lowest BCUT2D eigenvalue weighted by Crippen LogP contribution is -2.42. The molecular weight excluding hydrogens is 347 g/mol. The lowest BCUT2D eigenvalue weighted by Gasteiger charge is -2.14. The van der Waals surface area contributed by atoms with Gasteiger partial charge in [-0.25, -0.2) is 0 Å². The van der Waals surface area contributed by atoms with Crippen LogP contribution in [-0.2, 0) is 11.0 Å². The molecule has 0 radical (unpaired) electrons. The molecule has 0 heterocycles. The van der Waals surface area contributed by atoms with Crippen molar-refractivity contribution in [3.63, 3.8) is 0 Å². The Morgan fingerprint density at radius 2 is 1.69 bits per heavy atom. The fourth-order valence-corrected chi connectivity index (χ4v) is 2.35. The summed E-state index contributed by atoms with van der Waals surface area (Å²) in [6, 6.07) is 11.0. The number of carbonyl (C=O) groups is 2. The number of rotatable bonds is 4. The van der Waals surface area contributed by atoms with E-state index < -0.39 is 17.6 Å². The van der Waals surface area contributed by atoms with Crippen LogP contribution in [0.25, 0.3) is 0 Å². The smallest absolute Gasteiger partial charge is 0.355 e. The second-order valence-corrected chi connectivity index (χ2v) is 5.97. The molecule has 8 heteroatoms. The molecule has 5 nitrogen and oxygen atoms in total. The molecule has 0 aliphatic heterocycles. The van der Waals surface area contributed by atoms with Gasteiger partial charge in [-0.3, -0.25) is 20.4 Å². The van der Waals surface area contributed by atoms with Crippen molar-refractivity contribution in [3.8, 4) is 0 Å². The first kappa shape index (κ1) is 17.8. The van der Waals surface area contributed by atoms with Gasteiger partial charge in [-0.05, 0) is 43.2 Å². The van der Waals surface area contributed by atoms with Gasteiger partial charge in [-0.1, -0.05) is 18.2 Å². The highest BCUT2D eigenvalue weighted by Gasteiger charge is 2.31. The van der Waals surface area contributed by atoms with Crippen molar-refractivity contribution < 1.29 is 22.8 Å². The molecule has 2 aromatic carbocycles. The van der Waals surface area contributed by atoms with Crippen LogP contribution in [0, 0.1) is 5.92 Å². The molecular formula is C18H16F3N3O2. The van der Waals surface area contributed by atoms with Crippen molar-refractivity contribution in [2.75, 3.05) is 5.32 Å². The number of para-hydroxylation sites is 1. The third-order valence-electron chi connectivity index (χ3n) is 3.89. The van der Waals surface area contributed by atoms with E-state index in [2.05, 4.69) is 16.2 Å². The Balaban J connectivity index is 1.74. The summed E-state index contributed by atoms with van der Waals surface area (Å²) >= 11 is 0. The molecule has 0 bridgehead atoms. The molecule has 0 atom stereocenters. The lowest BCUT2D eigenvalue weighted by atomic mass is 10.1. The minimum absolute atomic E-state index is 0.0613. The lowest BCUT2D eigenvalue weighted by molar-refractivity contribution is -0.137. The van der Waals surface area contributed by atoms with E-state index in [1.165, 1.54) is 18.2 Å². The summed E-state index contributed by atoms with van der Waals surface area (Å²) in [6.07, 6.45) is -2.85. The van der Waals surface area contributed by atoms with E-state index in [4.69, 9.17) is 0 Å². The average molecular weight is 363 g/mol.